The topological polar surface area (TPSA) is 38.9 Å². The highest BCUT2D eigenvalue weighted by Gasteiger charge is 2.06. The summed E-state index contributed by atoms with van der Waals surface area (Å²) in [6.07, 6.45) is 1.16. The van der Waals surface area contributed by atoms with Crippen molar-refractivity contribution < 1.29 is 4.39 Å². The van der Waals surface area contributed by atoms with E-state index in [2.05, 4.69) is 20.9 Å². The molecule has 1 heterocycles. The first kappa shape index (κ1) is 7.75. The Bertz CT molecular complexity index is 239. The van der Waals surface area contributed by atoms with Crippen LogP contribution in [0.3, 0.4) is 0 Å². The third-order valence-corrected chi connectivity index (χ3v) is 2.02. The van der Waals surface area contributed by atoms with Crippen molar-refractivity contribution in [3.63, 3.8) is 0 Å². The zero-order valence-corrected chi connectivity index (χ0v) is 7.08. The van der Waals surface area contributed by atoms with E-state index in [1.54, 1.807) is 0 Å². The van der Waals surface area contributed by atoms with Crippen molar-refractivity contribution in [2.45, 2.75) is 0 Å². The lowest BCUT2D eigenvalue weighted by Crippen LogP contribution is -1.93. The number of nitrogens with two attached hydrogens (primary N) is 1. The first-order valence-electron chi connectivity index (χ1n) is 2.38. The molecular weight excluding hydrogens is 222 g/mol. The second kappa shape index (κ2) is 2.72. The first-order chi connectivity index (χ1) is 4.63. The number of pyridine rings is 1. The molecule has 54 valence electrons. The number of anilines is 1. The molecule has 1 rings (SSSR count). The van der Waals surface area contributed by atoms with E-state index >= 15 is 0 Å². The molecule has 0 aromatic carbocycles. The van der Waals surface area contributed by atoms with Crippen LogP contribution >= 0.6 is 27.5 Å². The molecule has 0 saturated carbocycles. The van der Waals surface area contributed by atoms with Crippen LogP contribution in [0, 0.1) is 5.95 Å². The predicted octanol–water partition coefficient (Wildman–Crippen LogP) is 2.22. The van der Waals surface area contributed by atoms with Crippen molar-refractivity contribution in [2.75, 3.05) is 5.73 Å². The molecule has 10 heavy (non-hydrogen) atoms. The molecule has 2 N–H and O–H groups in total. The summed E-state index contributed by atoms with van der Waals surface area (Å²) in [5, 5.41) is 0.244. The monoisotopic (exact) mass is 224 g/mol. The smallest absolute Gasteiger partial charge is 0.229 e. The Kier molecular flexibility index (Phi) is 2.11. The molecule has 0 radical (unpaired) electrons. The molecule has 2 nitrogen and oxygen atoms in total. The van der Waals surface area contributed by atoms with Gasteiger partial charge < -0.3 is 5.73 Å². The molecule has 0 saturated heterocycles. The van der Waals surface area contributed by atoms with Gasteiger partial charge in [-0.05, 0) is 15.9 Å². The van der Waals surface area contributed by atoms with Crippen LogP contribution in [-0.4, -0.2) is 4.98 Å². The molecule has 0 amide bonds. The maximum atomic E-state index is 12.5. The third-order valence-electron chi connectivity index (χ3n) is 0.966. The zero-order chi connectivity index (χ0) is 7.72. The second-order valence-corrected chi connectivity index (χ2v) is 2.82. The Morgan fingerprint density at radius 1 is 1.70 bits per heavy atom. The summed E-state index contributed by atoms with van der Waals surface area (Å²) in [4.78, 5) is 3.31. The van der Waals surface area contributed by atoms with Gasteiger partial charge in [0, 0.05) is 0 Å². The molecule has 0 fully saturated rings. The summed E-state index contributed by atoms with van der Waals surface area (Å²) < 4.78 is 12.6. The normalized spacial score (nSPS) is 9.90. The van der Waals surface area contributed by atoms with Gasteiger partial charge in [0.2, 0.25) is 5.95 Å². The van der Waals surface area contributed by atoms with Gasteiger partial charge in [0.05, 0.1) is 21.4 Å². The van der Waals surface area contributed by atoms with Gasteiger partial charge in [-0.15, -0.1) is 0 Å². The van der Waals surface area contributed by atoms with Gasteiger partial charge in [0.25, 0.3) is 0 Å². The summed E-state index contributed by atoms with van der Waals surface area (Å²) in [5.41, 5.74) is 5.50. The lowest BCUT2D eigenvalue weighted by atomic mass is 10.4. The molecule has 0 atom stereocenters. The lowest BCUT2D eigenvalue weighted by Gasteiger charge is -1.99. The molecule has 5 heteroatoms. The maximum absolute atomic E-state index is 12.5. The third kappa shape index (κ3) is 1.22. The van der Waals surface area contributed by atoms with E-state index in [0.717, 1.165) is 6.20 Å². The minimum absolute atomic E-state index is 0.111. The van der Waals surface area contributed by atoms with Crippen molar-refractivity contribution in [1.82, 2.24) is 4.98 Å². The zero-order valence-electron chi connectivity index (χ0n) is 4.74. The number of hydrogen-bond donors (Lipinski definition) is 1. The van der Waals surface area contributed by atoms with E-state index in [4.69, 9.17) is 17.3 Å². The number of rotatable bonds is 0. The molecule has 0 aliphatic heterocycles. The molecule has 1 aromatic rings. The van der Waals surface area contributed by atoms with E-state index < -0.39 is 5.95 Å². The SMILES string of the molecule is Nc1c(Cl)cnc(F)c1Br. The lowest BCUT2D eigenvalue weighted by molar-refractivity contribution is 0.578. The number of hydrogen-bond acceptors (Lipinski definition) is 2. The Labute approximate surface area is 70.3 Å². The van der Waals surface area contributed by atoms with Crippen LogP contribution in [0.25, 0.3) is 0 Å². The van der Waals surface area contributed by atoms with E-state index in [1.807, 2.05) is 0 Å². The average molecular weight is 225 g/mol. The quantitative estimate of drug-likeness (QED) is 0.688. The molecule has 0 bridgehead atoms. The minimum atomic E-state index is -0.651. The number of halogens is 3. The summed E-state index contributed by atoms with van der Waals surface area (Å²) in [6, 6.07) is 0. The van der Waals surface area contributed by atoms with Crippen molar-refractivity contribution in [3.05, 3.63) is 21.6 Å². The van der Waals surface area contributed by atoms with E-state index in [0.29, 0.717) is 0 Å². The van der Waals surface area contributed by atoms with Gasteiger partial charge >= 0.3 is 0 Å². The van der Waals surface area contributed by atoms with Gasteiger partial charge in [-0.1, -0.05) is 11.6 Å². The van der Waals surface area contributed by atoms with Crippen molar-refractivity contribution in [3.8, 4) is 0 Å². The highest BCUT2D eigenvalue weighted by atomic mass is 79.9. The fourth-order valence-corrected chi connectivity index (χ4v) is 1.03. The number of aromatic nitrogens is 1. The highest BCUT2D eigenvalue weighted by molar-refractivity contribution is 9.10. The van der Waals surface area contributed by atoms with Crippen molar-refractivity contribution >= 4 is 33.2 Å². The standard InChI is InChI=1S/C5H3BrClFN2/c6-3-4(9)2(7)1-10-5(3)8/h1H,(H2,9,10). The maximum Gasteiger partial charge on any atom is 0.229 e. The minimum Gasteiger partial charge on any atom is -0.396 e. The molecule has 0 aliphatic rings. The van der Waals surface area contributed by atoms with Gasteiger partial charge in [0.15, 0.2) is 0 Å². The summed E-state index contributed by atoms with van der Waals surface area (Å²) >= 11 is 8.38. The summed E-state index contributed by atoms with van der Waals surface area (Å²) in [5.74, 6) is -0.651. The Morgan fingerprint density at radius 2 is 2.30 bits per heavy atom. The largest absolute Gasteiger partial charge is 0.396 e. The Balaban J connectivity index is 3.34. The fraction of sp³-hybridized carbons (Fsp3) is 0. The van der Waals surface area contributed by atoms with Crippen LogP contribution in [0.2, 0.25) is 5.02 Å². The van der Waals surface area contributed by atoms with Crippen LogP contribution in [0.15, 0.2) is 10.7 Å². The Morgan fingerprint density at radius 3 is 2.80 bits per heavy atom. The number of nitrogen functional groups attached to an aromatic ring is 1. The van der Waals surface area contributed by atoms with Crippen molar-refractivity contribution in [1.29, 1.82) is 0 Å². The molecular formula is C5H3BrClFN2. The molecule has 0 spiro atoms. The molecule has 0 unspecified atom stereocenters. The van der Waals surface area contributed by atoms with E-state index in [1.165, 1.54) is 0 Å². The van der Waals surface area contributed by atoms with E-state index in [-0.39, 0.29) is 15.2 Å². The summed E-state index contributed by atoms with van der Waals surface area (Å²) in [6.45, 7) is 0. The average Bonchev–Trinajstić information content (AvgIpc) is 1.93. The predicted molar refractivity (Wildman–Crippen MR) is 41.3 cm³/mol. The van der Waals surface area contributed by atoms with Crippen LogP contribution in [-0.2, 0) is 0 Å². The van der Waals surface area contributed by atoms with Gasteiger partial charge in [-0.25, -0.2) is 4.98 Å². The molecule has 1 aromatic heterocycles. The number of nitrogens with zero attached hydrogens (tertiary/aromatic N) is 1. The second-order valence-electron chi connectivity index (χ2n) is 1.62. The Hall–Kier alpha value is -0.350. The van der Waals surface area contributed by atoms with Gasteiger partial charge in [-0.2, -0.15) is 4.39 Å². The first-order valence-corrected chi connectivity index (χ1v) is 3.55. The van der Waals surface area contributed by atoms with Crippen LogP contribution in [0.4, 0.5) is 10.1 Å². The van der Waals surface area contributed by atoms with Crippen LogP contribution in [0.5, 0.6) is 0 Å². The van der Waals surface area contributed by atoms with Gasteiger partial charge in [-0.3, -0.25) is 0 Å². The van der Waals surface area contributed by atoms with Gasteiger partial charge in [0.1, 0.15) is 0 Å². The van der Waals surface area contributed by atoms with Crippen LogP contribution in [0.1, 0.15) is 0 Å². The summed E-state index contributed by atoms with van der Waals surface area (Å²) in [7, 11) is 0. The molecule has 0 aliphatic carbocycles. The van der Waals surface area contributed by atoms with Crippen LogP contribution < -0.4 is 5.73 Å². The van der Waals surface area contributed by atoms with Crippen molar-refractivity contribution in [2.24, 2.45) is 0 Å². The highest BCUT2D eigenvalue weighted by Crippen LogP contribution is 2.27. The fourth-order valence-electron chi connectivity index (χ4n) is 0.456. The van der Waals surface area contributed by atoms with E-state index in [9.17, 15) is 4.39 Å².